The highest BCUT2D eigenvalue weighted by molar-refractivity contribution is 7.15. The molecule has 4 heterocycles. The van der Waals surface area contributed by atoms with Crippen molar-refractivity contribution in [2.24, 2.45) is 5.73 Å². The summed E-state index contributed by atoms with van der Waals surface area (Å²) in [5.41, 5.74) is 6.37. The van der Waals surface area contributed by atoms with Crippen molar-refractivity contribution in [3.05, 3.63) is 58.1 Å². The maximum atomic E-state index is 12.7. The first-order valence-corrected chi connectivity index (χ1v) is 10.3. The lowest BCUT2D eigenvalue weighted by Gasteiger charge is -2.26. The number of nitrogens with two attached hydrogens (primary N) is 1. The number of rotatable bonds is 7. The van der Waals surface area contributed by atoms with Crippen molar-refractivity contribution in [2.45, 2.75) is 13.1 Å². The van der Waals surface area contributed by atoms with Crippen LogP contribution in [0.1, 0.15) is 4.88 Å². The zero-order chi connectivity index (χ0) is 20.9. The van der Waals surface area contributed by atoms with E-state index in [0.29, 0.717) is 37.6 Å². The Bertz CT molecular complexity index is 1070. The van der Waals surface area contributed by atoms with Gasteiger partial charge in [-0.2, -0.15) is 5.10 Å². The molecule has 11 heteroatoms. The largest absolute Gasteiger partial charge is 0.378 e. The Morgan fingerprint density at radius 3 is 2.73 bits per heavy atom. The van der Waals surface area contributed by atoms with E-state index in [9.17, 15) is 9.18 Å². The number of halogens is 1. The van der Waals surface area contributed by atoms with Gasteiger partial charge in [-0.05, 0) is 17.7 Å². The van der Waals surface area contributed by atoms with Crippen LogP contribution in [0.15, 0.2) is 47.6 Å². The SMILES string of the molecule is NC/C(=C\F)Cn1ncn(Cc2ccc(-c3cnc(N4CCOCC4)nc3)s2)c1=O. The van der Waals surface area contributed by atoms with Gasteiger partial charge in [0.1, 0.15) is 6.33 Å². The minimum atomic E-state index is -0.309. The molecule has 0 spiro atoms. The molecular formula is C19H22FN7O2S. The quantitative estimate of drug-likeness (QED) is 0.601. The standard InChI is InChI=1S/C19H22FN7O2S/c20-7-14(8-21)11-27-19(28)26(13-24-27)12-16-1-2-17(30-16)15-9-22-18(23-10-15)25-3-5-29-6-4-25/h1-2,7,9-10,13H,3-6,8,11-12,21H2/b14-7+. The van der Waals surface area contributed by atoms with E-state index >= 15 is 0 Å². The van der Waals surface area contributed by atoms with E-state index in [0.717, 1.165) is 28.4 Å². The Morgan fingerprint density at radius 2 is 2.03 bits per heavy atom. The first-order chi connectivity index (χ1) is 14.7. The average molecular weight is 431 g/mol. The van der Waals surface area contributed by atoms with Gasteiger partial charge in [0.15, 0.2) is 0 Å². The maximum Gasteiger partial charge on any atom is 0.346 e. The number of hydrogen-bond acceptors (Lipinski definition) is 8. The highest BCUT2D eigenvalue weighted by Crippen LogP contribution is 2.28. The summed E-state index contributed by atoms with van der Waals surface area (Å²) in [6, 6.07) is 3.95. The van der Waals surface area contributed by atoms with Gasteiger partial charge >= 0.3 is 5.69 Å². The fourth-order valence-corrected chi connectivity index (χ4v) is 4.07. The van der Waals surface area contributed by atoms with Gasteiger partial charge in [-0.1, -0.05) is 0 Å². The topological polar surface area (TPSA) is 104 Å². The van der Waals surface area contributed by atoms with E-state index < -0.39 is 0 Å². The minimum absolute atomic E-state index is 0.0382. The smallest absolute Gasteiger partial charge is 0.346 e. The Hall–Kier alpha value is -2.89. The highest BCUT2D eigenvalue weighted by Gasteiger charge is 2.14. The first kappa shape index (κ1) is 20.4. The molecule has 158 valence electrons. The molecule has 2 N–H and O–H groups in total. The number of nitrogens with zero attached hydrogens (tertiary/aromatic N) is 6. The number of aromatic nitrogens is 5. The molecule has 0 saturated carbocycles. The number of anilines is 1. The maximum absolute atomic E-state index is 12.7. The number of hydrogen-bond donors (Lipinski definition) is 1. The van der Waals surface area contributed by atoms with Crippen LogP contribution < -0.4 is 16.3 Å². The summed E-state index contributed by atoms with van der Waals surface area (Å²) in [6.07, 6.45) is 5.50. The molecule has 0 unspecified atom stereocenters. The van der Waals surface area contributed by atoms with Crippen LogP contribution in [-0.2, 0) is 17.8 Å². The molecule has 4 rings (SSSR count). The Balaban J connectivity index is 1.44. The van der Waals surface area contributed by atoms with Crippen LogP contribution in [0, 0.1) is 0 Å². The third-order valence-electron chi connectivity index (χ3n) is 4.77. The van der Waals surface area contributed by atoms with Crippen LogP contribution in [0.5, 0.6) is 0 Å². The Morgan fingerprint density at radius 1 is 1.27 bits per heavy atom. The van der Waals surface area contributed by atoms with Crippen molar-refractivity contribution < 1.29 is 9.13 Å². The van der Waals surface area contributed by atoms with Crippen molar-refractivity contribution in [3.63, 3.8) is 0 Å². The summed E-state index contributed by atoms with van der Waals surface area (Å²) in [5, 5.41) is 4.04. The molecule has 1 aliphatic rings. The van der Waals surface area contributed by atoms with Gasteiger partial charge in [-0.25, -0.2) is 23.8 Å². The van der Waals surface area contributed by atoms with Crippen LogP contribution in [0.3, 0.4) is 0 Å². The van der Waals surface area contributed by atoms with Crippen molar-refractivity contribution in [1.29, 1.82) is 0 Å². The summed E-state index contributed by atoms with van der Waals surface area (Å²) in [7, 11) is 0. The number of morpholine rings is 1. The molecule has 3 aromatic rings. The van der Waals surface area contributed by atoms with Crippen molar-refractivity contribution in [1.82, 2.24) is 24.3 Å². The predicted octanol–water partition coefficient (Wildman–Crippen LogP) is 1.26. The summed E-state index contributed by atoms with van der Waals surface area (Å²) < 4.78 is 20.8. The van der Waals surface area contributed by atoms with E-state index in [1.54, 1.807) is 11.3 Å². The normalized spacial score (nSPS) is 15.0. The van der Waals surface area contributed by atoms with Gasteiger partial charge in [-0.3, -0.25) is 4.57 Å². The molecule has 3 aromatic heterocycles. The van der Waals surface area contributed by atoms with Crippen LogP contribution >= 0.6 is 11.3 Å². The second-order valence-electron chi connectivity index (χ2n) is 6.81. The first-order valence-electron chi connectivity index (χ1n) is 9.52. The van der Waals surface area contributed by atoms with Gasteiger partial charge < -0.3 is 15.4 Å². The molecule has 0 bridgehead atoms. The van der Waals surface area contributed by atoms with Crippen LogP contribution in [0.4, 0.5) is 10.3 Å². The monoisotopic (exact) mass is 431 g/mol. The summed E-state index contributed by atoms with van der Waals surface area (Å²) in [5.74, 6) is 0.706. The molecule has 0 amide bonds. The average Bonchev–Trinajstić information content (AvgIpc) is 3.40. The fraction of sp³-hybridized carbons (Fsp3) is 0.368. The second kappa shape index (κ2) is 9.28. The summed E-state index contributed by atoms with van der Waals surface area (Å²) in [4.78, 5) is 25.5. The lowest BCUT2D eigenvalue weighted by atomic mass is 10.3. The van der Waals surface area contributed by atoms with Crippen molar-refractivity contribution in [3.8, 4) is 10.4 Å². The van der Waals surface area contributed by atoms with Gasteiger partial charge in [0, 0.05) is 47.3 Å². The van der Waals surface area contributed by atoms with Gasteiger partial charge in [0.2, 0.25) is 5.95 Å². The number of ether oxygens (including phenoxy) is 1. The molecule has 30 heavy (non-hydrogen) atoms. The highest BCUT2D eigenvalue weighted by atomic mass is 32.1. The van der Waals surface area contributed by atoms with E-state index in [1.165, 1.54) is 15.6 Å². The second-order valence-corrected chi connectivity index (χ2v) is 7.98. The molecule has 1 aliphatic heterocycles. The zero-order valence-electron chi connectivity index (χ0n) is 16.3. The van der Waals surface area contributed by atoms with Crippen LogP contribution in [-0.4, -0.2) is 57.2 Å². The molecular weight excluding hydrogens is 409 g/mol. The third-order valence-corrected chi connectivity index (χ3v) is 5.89. The third kappa shape index (κ3) is 4.48. The molecule has 0 aromatic carbocycles. The molecule has 0 radical (unpaired) electrons. The zero-order valence-corrected chi connectivity index (χ0v) is 17.1. The Kier molecular flexibility index (Phi) is 6.31. The van der Waals surface area contributed by atoms with Crippen molar-refractivity contribution >= 4 is 17.3 Å². The predicted molar refractivity (Wildman–Crippen MR) is 112 cm³/mol. The fourth-order valence-electron chi connectivity index (χ4n) is 3.09. The van der Waals surface area contributed by atoms with Crippen LogP contribution in [0.2, 0.25) is 0 Å². The number of thiophene rings is 1. The van der Waals surface area contributed by atoms with Gasteiger partial charge in [0.05, 0.1) is 32.6 Å². The Labute approximate surface area is 176 Å². The van der Waals surface area contributed by atoms with E-state index in [4.69, 9.17) is 10.5 Å². The van der Waals surface area contributed by atoms with Gasteiger partial charge in [0.25, 0.3) is 0 Å². The molecule has 9 nitrogen and oxygen atoms in total. The lowest BCUT2D eigenvalue weighted by Crippen LogP contribution is -2.37. The summed E-state index contributed by atoms with van der Waals surface area (Å²) >= 11 is 1.56. The molecule has 1 fully saturated rings. The van der Waals surface area contributed by atoms with Gasteiger partial charge in [-0.15, -0.1) is 11.3 Å². The molecule has 1 saturated heterocycles. The molecule has 0 aliphatic carbocycles. The summed E-state index contributed by atoms with van der Waals surface area (Å²) in [6.45, 7) is 3.42. The van der Waals surface area contributed by atoms with E-state index in [1.807, 2.05) is 24.5 Å². The molecule has 0 atom stereocenters. The van der Waals surface area contributed by atoms with Crippen molar-refractivity contribution in [2.75, 3.05) is 37.7 Å². The minimum Gasteiger partial charge on any atom is -0.378 e. The van der Waals surface area contributed by atoms with E-state index in [-0.39, 0.29) is 18.8 Å². The van der Waals surface area contributed by atoms with E-state index in [2.05, 4.69) is 20.0 Å². The van der Waals surface area contributed by atoms with Crippen LogP contribution in [0.25, 0.3) is 10.4 Å². The lowest BCUT2D eigenvalue weighted by molar-refractivity contribution is 0.122.